The summed E-state index contributed by atoms with van der Waals surface area (Å²) in [7, 11) is 3.83. The van der Waals surface area contributed by atoms with E-state index in [1.54, 1.807) is 18.7 Å². The molecule has 13 atom stereocenters. The highest BCUT2D eigenvalue weighted by Crippen LogP contribution is 2.43. The van der Waals surface area contributed by atoms with Crippen molar-refractivity contribution >= 4 is 28.7 Å². The van der Waals surface area contributed by atoms with Crippen LogP contribution in [0.4, 0.5) is 4.79 Å². The maximum atomic E-state index is 14.9. The smallest absolute Gasteiger partial charge is 0.410 e. The quantitative estimate of drug-likeness (QED) is 0.173. The van der Waals surface area contributed by atoms with E-state index in [0.29, 0.717) is 31.4 Å². The molecule has 1 aromatic heterocycles. The number of amides is 1. The summed E-state index contributed by atoms with van der Waals surface area (Å²) in [6.45, 7) is 17.9. The number of ether oxygens (including phenoxy) is 6. The van der Waals surface area contributed by atoms with Gasteiger partial charge in [0.15, 0.2) is 11.9 Å². The van der Waals surface area contributed by atoms with Gasteiger partial charge in [0, 0.05) is 42.4 Å². The van der Waals surface area contributed by atoms with Crippen LogP contribution in [-0.2, 0) is 44.4 Å². The number of fused-ring (bicyclic) bond motifs is 5. The molecule has 13 nitrogen and oxygen atoms in total. The fourth-order valence-corrected chi connectivity index (χ4v) is 9.98. The lowest BCUT2D eigenvalue weighted by atomic mass is 9.74. The van der Waals surface area contributed by atoms with E-state index in [4.69, 9.17) is 28.4 Å². The van der Waals surface area contributed by atoms with Crippen LogP contribution in [0.25, 0.3) is 10.9 Å². The number of benzene rings is 1. The molecule has 0 aliphatic carbocycles. The van der Waals surface area contributed by atoms with Gasteiger partial charge < -0.3 is 43.3 Å². The second-order valence-electron chi connectivity index (χ2n) is 18.2. The molecule has 4 fully saturated rings. The van der Waals surface area contributed by atoms with E-state index in [1.807, 2.05) is 84.1 Å². The van der Waals surface area contributed by atoms with Crippen LogP contribution in [0.15, 0.2) is 48.7 Å². The first kappa shape index (κ1) is 45.1. The van der Waals surface area contributed by atoms with Crippen molar-refractivity contribution < 1.29 is 47.9 Å². The first-order chi connectivity index (χ1) is 28.0. The molecule has 326 valence electrons. The lowest BCUT2D eigenvalue weighted by Gasteiger charge is -2.46. The van der Waals surface area contributed by atoms with Crippen LogP contribution in [0.5, 0.6) is 0 Å². The number of para-hydroxylation sites is 1. The molecule has 4 saturated heterocycles. The van der Waals surface area contributed by atoms with E-state index in [1.165, 1.54) is 5.56 Å². The largest absolute Gasteiger partial charge is 0.458 e. The van der Waals surface area contributed by atoms with Crippen LogP contribution in [0.2, 0.25) is 0 Å². The summed E-state index contributed by atoms with van der Waals surface area (Å²) in [5, 5.41) is 12.7. The molecule has 1 aromatic carbocycles. The van der Waals surface area contributed by atoms with E-state index in [2.05, 4.69) is 17.6 Å². The molecule has 0 radical (unpaired) electrons. The molecule has 5 heterocycles. The number of aliphatic hydroxyl groups is 1. The molecule has 1 amide bonds. The number of hydrogen-bond acceptors (Lipinski definition) is 12. The Kier molecular flexibility index (Phi) is 14.3. The summed E-state index contributed by atoms with van der Waals surface area (Å²) in [6.07, 6.45) is 0.395. The lowest BCUT2D eigenvalue weighted by Crippen LogP contribution is -2.59. The second-order valence-corrected chi connectivity index (χ2v) is 18.2. The third kappa shape index (κ3) is 9.55. The minimum atomic E-state index is -1.32. The SMILES string of the molecule is C=C1CO[C@@H]2C[C@@H](OC3O[C@H](C)C[C@H](N(C)C)[C@H]3O)[C@](C)(C[C@@H](C)C(=O)[C@H](C)C3N(CCCCc4ccnc5ccccc45)C(=O)OC3(C)[C@@H](CC)OC(=O)[C@@H]2C)OC1. The van der Waals surface area contributed by atoms with Crippen LogP contribution in [0, 0.1) is 17.8 Å². The number of nitrogens with zero attached hydrogens (tertiary/aromatic N) is 3. The number of carbonyl (C=O) groups is 3. The molecular weight excluding hydrogens is 755 g/mol. The van der Waals surface area contributed by atoms with Crippen LogP contribution in [0.3, 0.4) is 0 Å². The molecule has 1 N–H and O–H groups in total. The monoisotopic (exact) mass is 821 g/mol. The van der Waals surface area contributed by atoms with Gasteiger partial charge in [-0.2, -0.15) is 0 Å². The number of rotatable bonds is 9. The number of pyridine rings is 1. The van der Waals surface area contributed by atoms with Gasteiger partial charge in [-0.15, -0.1) is 0 Å². The van der Waals surface area contributed by atoms with Crippen molar-refractivity contribution in [3.8, 4) is 0 Å². The number of Topliss-reactive ketones (excluding diaryl/α,β-unsaturated/α-hetero) is 1. The molecule has 2 bridgehead atoms. The number of carbonyl (C=O) groups excluding carboxylic acids is 3. The summed E-state index contributed by atoms with van der Waals surface area (Å²) in [4.78, 5) is 51.4. The summed E-state index contributed by atoms with van der Waals surface area (Å²) < 4.78 is 38.8. The van der Waals surface area contributed by atoms with Crippen molar-refractivity contribution in [3.05, 3.63) is 54.2 Å². The molecule has 3 unspecified atom stereocenters. The number of aryl methyl sites for hydroxylation is 1. The highest BCUT2D eigenvalue weighted by molar-refractivity contribution is 5.85. The zero-order valence-corrected chi connectivity index (χ0v) is 36.6. The predicted octanol–water partition coefficient (Wildman–Crippen LogP) is 6.27. The van der Waals surface area contributed by atoms with E-state index >= 15 is 0 Å². The fourth-order valence-electron chi connectivity index (χ4n) is 9.98. The Morgan fingerprint density at radius 2 is 1.76 bits per heavy atom. The van der Waals surface area contributed by atoms with Gasteiger partial charge in [-0.05, 0) is 104 Å². The Morgan fingerprint density at radius 3 is 2.49 bits per heavy atom. The van der Waals surface area contributed by atoms with E-state index < -0.39 is 77.8 Å². The third-order valence-electron chi connectivity index (χ3n) is 13.4. The molecule has 13 heteroatoms. The Hall–Kier alpha value is -3.46. The molecule has 2 aromatic rings. The third-order valence-corrected chi connectivity index (χ3v) is 13.4. The van der Waals surface area contributed by atoms with Gasteiger partial charge in [0.05, 0.1) is 54.6 Å². The number of aliphatic hydroxyl groups excluding tert-OH is 1. The van der Waals surface area contributed by atoms with Crippen molar-refractivity contribution in [2.24, 2.45) is 17.8 Å². The number of cyclic esters (lactones) is 1. The van der Waals surface area contributed by atoms with Crippen LogP contribution in [-0.4, -0.2) is 132 Å². The molecule has 59 heavy (non-hydrogen) atoms. The molecule has 0 saturated carbocycles. The number of likely N-dealkylation sites (N-methyl/N-ethyl adjacent to an activating group) is 1. The number of hydrogen-bond donors (Lipinski definition) is 1. The Balaban J connectivity index is 1.32. The van der Waals surface area contributed by atoms with E-state index in [-0.39, 0.29) is 44.0 Å². The van der Waals surface area contributed by atoms with Crippen LogP contribution in [0.1, 0.15) is 92.6 Å². The normalized spacial score (nSPS) is 37.7. The predicted molar refractivity (Wildman–Crippen MR) is 223 cm³/mol. The van der Waals surface area contributed by atoms with E-state index in [0.717, 1.165) is 23.7 Å². The van der Waals surface area contributed by atoms with Crippen molar-refractivity contribution in [1.29, 1.82) is 0 Å². The number of ketones is 1. The molecule has 0 spiro atoms. The van der Waals surface area contributed by atoms with Gasteiger partial charge in [-0.3, -0.25) is 14.6 Å². The van der Waals surface area contributed by atoms with Gasteiger partial charge in [-0.25, -0.2) is 4.79 Å². The van der Waals surface area contributed by atoms with Gasteiger partial charge in [-0.1, -0.05) is 45.5 Å². The summed E-state index contributed by atoms with van der Waals surface area (Å²) in [5.74, 6) is -2.65. The highest BCUT2D eigenvalue weighted by atomic mass is 16.7. The van der Waals surface area contributed by atoms with Gasteiger partial charge in [0.25, 0.3) is 0 Å². The average molecular weight is 822 g/mol. The first-order valence-corrected chi connectivity index (χ1v) is 21.6. The second kappa shape index (κ2) is 18.7. The van der Waals surface area contributed by atoms with Crippen LogP contribution >= 0.6 is 0 Å². The molecule has 4 aliphatic rings. The molecule has 4 aliphatic heterocycles. The zero-order chi connectivity index (χ0) is 42.8. The first-order valence-electron chi connectivity index (χ1n) is 21.6. The van der Waals surface area contributed by atoms with Gasteiger partial charge in [0.2, 0.25) is 0 Å². The lowest BCUT2D eigenvalue weighted by molar-refractivity contribution is -0.294. The van der Waals surface area contributed by atoms with Crippen molar-refractivity contribution in [2.75, 3.05) is 33.9 Å². The Labute approximate surface area is 350 Å². The van der Waals surface area contributed by atoms with Crippen molar-refractivity contribution in [2.45, 2.75) is 154 Å². The van der Waals surface area contributed by atoms with E-state index in [9.17, 15) is 19.5 Å². The van der Waals surface area contributed by atoms with Gasteiger partial charge in [0.1, 0.15) is 18.0 Å². The Bertz CT molecular complexity index is 1820. The number of aromatic nitrogens is 1. The topological polar surface area (TPSA) is 146 Å². The maximum absolute atomic E-state index is 14.9. The number of esters is 1. The zero-order valence-electron chi connectivity index (χ0n) is 36.6. The number of unbranched alkanes of at least 4 members (excludes halogenated alkanes) is 1. The summed E-state index contributed by atoms with van der Waals surface area (Å²) >= 11 is 0. The average Bonchev–Trinajstić information content (AvgIpc) is 3.49. The van der Waals surface area contributed by atoms with Crippen molar-refractivity contribution in [3.63, 3.8) is 0 Å². The summed E-state index contributed by atoms with van der Waals surface area (Å²) in [6, 6.07) is 9.15. The highest BCUT2D eigenvalue weighted by Gasteiger charge is 2.60. The minimum absolute atomic E-state index is 0.0790. The van der Waals surface area contributed by atoms with Crippen LogP contribution < -0.4 is 0 Å². The maximum Gasteiger partial charge on any atom is 0.410 e. The van der Waals surface area contributed by atoms with Crippen molar-refractivity contribution in [1.82, 2.24) is 14.8 Å². The Morgan fingerprint density at radius 1 is 1.02 bits per heavy atom. The fraction of sp³-hybridized carbons (Fsp3) is 0.696. The molecular formula is C46H67N3O10. The molecule has 6 rings (SSSR count). The van der Waals surface area contributed by atoms with Gasteiger partial charge >= 0.3 is 12.1 Å². The minimum Gasteiger partial charge on any atom is -0.458 e. The summed E-state index contributed by atoms with van der Waals surface area (Å²) in [5.41, 5.74) is 0.354. The standard InChI is InChI=1S/C46H67N3O10/c1-11-37-46(8)41(49(44(53)59-46)21-15-14-16-32-19-20-47-34-18-13-12-17-33(32)34)31(6)39(50)28(3)24-45(7)38(58-43-40(51)35(48(9)10)22-29(4)56-43)23-36(30(5)42(52)57-37)54-25-27(2)26-55-45/h12-13,17-20,28-31,35-38,40-41,43,51H,2,11,14-16,21-26H2,1,3-10H3/t28-,29-,30-,31+,35+,36-,37-,38-,40-,41?,43?,45+,46?/m1/s1.